The van der Waals surface area contributed by atoms with Gasteiger partial charge in [0.25, 0.3) is 5.91 Å². The first kappa shape index (κ1) is 18.0. The van der Waals surface area contributed by atoms with Gasteiger partial charge in [-0.1, -0.05) is 18.5 Å². The van der Waals surface area contributed by atoms with E-state index in [1.165, 1.54) is 0 Å². The molecule has 0 aliphatic heterocycles. The van der Waals surface area contributed by atoms with E-state index in [1.807, 2.05) is 6.07 Å². The summed E-state index contributed by atoms with van der Waals surface area (Å²) in [5.74, 6) is -0.0819. The van der Waals surface area contributed by atoms with Crippen LogP contribution in [0.25, 0.3) is 0 Å². The third kappa shape index (κ3) is 6.22. The predicted molar refractivity (Wildman–Crippen MR) is 86.9 cm³/mol. The molecule has 0 saturated carbocycles. The highest BCUT2D eigenvalue weighted by atomic mass is 127. The Morgan fingerprint density at radius 3 is 2.67 bits per heavy atom. The first-order valence-corrected chi connectivity index (χ1v) is 7.04. The standard InChI is InChI=1S/C12H16ClIN2O.ClH/c1-2-5-15-6-7-16-12(17)9-3-4-11(14)10(13)8-9;/h3-4,8,15H,2,5-7H2,1H3,(H,16,17);1H. The fourth-order valence-electron chi connectivity index (χ4n) is 1.31. The van der Waals surface area contributed by atoms with Crippen molar-refractivity contribution in [3.05, 3.63) is 32.4 Å². The second-order valence-electron chi connectivity index (χ2n) is 3.63. The lowest BCUT2D eigenvalue weighted by Crippen LogP contribution is -2.32. The van der Waals surface area contributed by atoms with E-state index < -0.39 is 0 Å². The van der Waals surface area contributed by atoms with Gasteiger partial charge >= 0.3 is 0 Å². The Hall–Kier alpha value is -0.0400. The van der Waals surface area contributed by atoms with Gasteiger partial charge in [-0.2, -0.15) is 0 Å². The lowest BCUT2D eigenvalue weighted by molar-refractivity contribution is 0.0954. The highest BCUT2D eigenvalue weighted by Gasteiger charge is 2.06. The summed E-state index contributed by atoms with van der Waals surface area (Å²) in [6, 6.07) is 5.31. The van der Waals surface area contributed by atoms with Crippen LogP contribution in [0.3, 0.4) is 0 Å². The molecule has 1 aromatic rings. The number of carbonyl (C=O) groups is 1. The van der Waals surface area contributed by atoms with Crippen LogP contribution in [0.5, 0.6) is 0 Å². The molecule has 0 aliphatic rings. The van der Waals surface area contributed by atoms with Crippen molar-refractivity contribution in [3.8, 4) is 0 Å². The van der Waals surface area contributed by atoms with Gasteiger partial charge in [-0.05, 0) is 53.8 Å². The second-order valence-corrected chi connectivity index (χ2v) is 5.20. The van der Waals surface area contributed by atoms with Gasteiger partial charge in [0.15, 0.2) is 0 Å². The first-order valence-electron chi connectivity index (χ1n) is 5.59. The normalized spacial score (nSPS) is 9.72. The zero-order chi connectivity index (χ0) is 12.7. The minimum absolute atomic E-state index is 0. The number of rotatable bonds is 6. The topological polar surface area (TPSA) is 41.1 Å². The monoisotopic (exact) mass is 402 g/mol. The summed E-state index contributed by atoms with van der Waals surface area (Å²) in [4.78, 5) is 11.7. The van der Waals surface area contributed by atoms with Crippen molar-refractivity contribution in [3.63, 3.8) is 0 Å². The Morgan fingerprint density at radius 2 is 2.06 bits per heavy atom. The molecule has 2 N–H and O–H groups in total. The minimum Gasteiger partial charge on any atom is -0.351 e. The molecule has 3 nitrogen and oxygen atoms in total. The van der Waals surface area contributed by atoms with Crippen molar-refractivity contribution in [2.24, 2.45) is 0 Å². The number of benzene rings is 1. The fourth-order valence-corrected chi connectivity index (χ4v) is 1.82. The van der Waals surface area contributed by atoms with Crippen molar-refractivity contribution in [1.29, 1.82) is 0 Å². The smallest absolute Gasteiger partial charge is 0.251 e. The summed E-state index contributed by atoms with van der Waals surface area (Å²) in [6.45, 7) is 4.50. The predicted octanol–water partition coefficient (Wildman–Crippen LogP) is 3.10. The Morgan fingerprint density at radius 1 is 1.33 bits per heavy atom. The number of nitrogens with one attached hydrogen (secondary N) is 2. The Balaban J connectivity index is 0.00000289. The average molecular weight is 403 g/mol. The van der Waals surface area contributed by atoms with Gasteiger partial charge in [-0.3, -0.25) is 4.79 Å². The van der Waals surface area contributed by atoms with E-state index in [-0.39, 0.29) is 18.3 Å². The largest absolute Gasteiger partial charge is 0.351 e. The molecule has 0 unspecified atom stereocenters. The summed E-state index contributed by atoms with van der Waals surface area (Å²) in [6.07, 6.45) is 1.10. The lowest BCUT2D eigenvalue weighted by atomic mass is 10.2. The van der Waals surface area contributed by atoms with Gasteiger partial charge in [0.05, 0.1) is 5.02 Å². The number of halogens is 3. The van der Waals surface area contributed by atoms with Crippen molar-refractivity contribution in [2.45, 2.75) is 13.3 Å². The molecule has 0 aromatic heterocycles. The van der Waals surface area contributed by atoms with Crippen molar-refractivity contribution in [1.82, 2.24) is 10.6 Å². The van der Waals surface area contributed by atoms with Crippen LogP contribution in [0.1, 0.15) is 23.7 Å². The SMILES string of the molecule is CCCNCCNC(=O)c1ccc(I)c(Cl)c1.Cl. The van der Waals surface area contributed by atoms with Gasteiger partial charge in [-0.25, -0.2) is 0 Å². The van der Waals surface area contributed by atoms with E-state index in [4.69, 9.17) is 11.6 Å². The molecule has 6 heteroatoms. The maximum atomic E-state index is 11.7. The van der Waals surface area contributed by atoms with E-state index in [0.29, 0.717) is 17.1 Å². The molecule has 1 aromatic carbocycles. The van der Waals surface area contributed by atoms with Crippen LogP contribution in [0.4, 0.5) is 0 Å². The lowest BCUT2D eigenvalue weighted by Gasteiger charge is -2.06. The number of amides is 1. The molecular weight excluding hydrogens is 386 g/mol. The highest BCUT2D eigenvalue weighted by Crippen LogP contribution is 2.19. The van der Waals surface area contributed by atoms with Gasteiger partial charge in [-0.15, -0.1) is 12.4 Å². The summed E-state index contributed by atoms with van der Waals surface area (Å²) in [5.41, 5.74) is 0.603. The molecule has 0 radical (unpaired) electrons. The number of hydrogen-bond acceptors (Lipinski definition) is 2. The Bertz CT molecular complexity index is 388. The quantitative estimate of drug-likeness (QED) is 0.567. The minimum atomic E-state index is -0.0819. The molecule has 1 amide bonds. The number of carbonyl (C=O) groups excluding carboxylic acids is 1. The fraction of sp³-hybridized carbons (Fsp3) is 0.417. The van der Waals surface area contributed by atoms with E-state index >= 15 is 0 Å². The molecule has 0 atom stereocenters. The first-order chi connectivity index (χ1) is 8.15. The van der Waals surface area contributed by atoms with Crippen LogP contribution in [0.2, 0.25) is 5.02 Å². The summed E-state index contributed by atoms with van der Waals surface area (Å²) >= 11 is 8.10. The molecule has 0 bridgehead atoms. The zero-order valence-electron chi connectivity index (χ0n) is 10.1. The molecule has 18 heavy (non-hydrogen) atoms. The molecular formula is C12H17Cl2IN2O. The number of hydrogen-bond donors (Lipinski definition) is 2. The van der Waals surface area contributed by atoms with Crippen LogP contribution in [-0.4, -0.2) is 25.5 Å². The Labute approximate surface area is 133 Å². The molecule has 1 rings (SSSR count). The third-order valence-electron chi connectivity index (χ3n) is 2.20. The molecule has 102 valence electrons. The molecule has 0 spiro atoms. The summed E-state index contributed by atoms with van der Waals surface area (Å²) in [7, 11) is 0. The van der Waals surface area contributed by atoms with Crippen LogP contribution in [0.15, 0.2) is 18.2 Å². The van der Waals surface area contributed by atoms with E-state index in [1.54, 1.807) is 12.1 Å². The van der Waals surface area contributed by atoms with Gasteiger partial charge in [0.1, 0.15) is 0 Å². The van der Waals surface area contributed by atoms with Crippen molar-refractivity contribution in [2.75, 3.05) is 19.6 Å². The summed E-state index contributed by atoms with van der Waals surface area (Å²) in [5, 5.41) is 6.68. The molecule has 0 heterocycles. The maximum Gasteiger partial charge on any atom is 0.251 e. The summed E-state index contributed by atoms with van der Waals surface area (Å²) < 4.78 is 0.949. The van der Waals surface area contributed by atoms with Crippen molar-refractivity contribution >= 4 is 52.5 Å². The maximum absolute atomic E-state index is 11.7. The second kappa shape index (κ2) is 9.83. The van der Waals surface area contributed by atoms with Gasteiger partial charge < -0.3 is 10.6 Å². The Kier molecular flexibility index (Phi) is 9.81. The van der Waals surface area contributed by atoms with E-state index in [2.05, 4.69) is 40.1 Å². The highest BCUT2D eigenvalue weighted by molar-refractivity contribution is 14.1. The zero-order valence-corrected chi connectivity index (χ0v) is 13.9. The van der Waals surface area contributed by atoms with Crippen LogP contribution in [0, 0.1) is 3.57 Å². The van der Waals surface area contributed by atoms with E-state index in [0.717, 1.165) is 23.1 Å². The van der Waals surface area contributed by atoms with Crippen LogP contribution >= 0.6 is 46.6 Å². The molecule has 0 saturated heterocycles. The average Bonchev–Trinajstić information content (AvgIpc) is 2.32. The van der Waals surface area contributed by atoms with Crippen molar-refractivity contribution < 1.29 is 4.79 Å². The van der Waals surface area contributed by atoms with E-state index in [9.17, 15) is 4.79 Å². The van der Waals surface area contributed by atoms with Gasteiger partial charge in [0, 0.05) is 22.2 Å². The third-order valence-corrected chi connectivity index (χ3v) is 3.77. The van der Waals surface area contributed by atoms with Gasteiger partial charge in [0.2, 0.25) is 0 Å². The van der Waals surface area contributed by atoms with Crippen LogP contribution < -0.4 is 10.6 Å². The molecule has 0 fully saturated rings. The molecule has 0 aliphatic carbocycles. The van der Waals surface area contributed by atoms with Crippen LogP contribution in [-0.2, 0) is 0 Å².